The number of para-hydroxylation sites is 1. The van der Waals surface area contributed by atoms with Crippen LogP contribution in [0.15, 0.2) is 98.3 Å². The van der Waals surface area contributed by atoms with Gasteiger partial charge in [0.1, 0.15) is 24.1 Å². The molecule has 0 fully saturated rings. The summed E-state index contributed by atoms with van der Waals surface area (Å²) in [7, 11) is 0. The van der Waals surface area contributed by atoms with Gasteiger partial charge in [-0.25, -0.2) is 9.79 Å². The number of carbonyl (C=O) groups is 1. The van der Waals surface area contributed by atoms with Crippen molar-refractivity contribution in [1.29, 1.82) is 0 Å². The van der Waals surface area contributed by atoms with Gasteiger partial charge >= 0.3 is 5.97 Å². The van der Waals surface area contributed by atoms with E-state index in [9.17, 15) is 9.59 Å². The predicted octanol–water partition coefficient (Wildman–Crippen LogP) is 5.93. The van der Waals surface area contributed by atoms with Crippen molar-refractivity contribution in [3.8, 4) is 11.5 Å². The predicted molar refractivity (Wildman–Crippen MR) is 168 cm³/mol. The summed E-state index contributed by atoms with van der Waals surface area (Å²) in [6.45, 7) is 8.06. The van der Waals surface area contributed by atoms with Gasteiger partial charge in [-0.3, -0.25) is 9.36 Å². The summed E-state index contributed by atoms with van der Waals surface area (Å²) in [5.74, 6) is 0.825. The van der Waals surface area contributed by atoms with Crippen LogP contribution in [0.2, 0.25) is 0 Å². The number of nitrogens with zero attached hydrogens (tertiary/aromatic N) is 2. The van der Waals surface area contributed by atoms with E-state index in [4.69, 9.17) is 14.2 Å². The highest BCUT2D eigenvalue weighted by atomic mass is 79.9. The van der Waals surface area contributed by atoms with Crippen LogP contribution in [0, 0.1) is 0 Å². The van der Waals surface area contributed by atoms with E-state index < -0.39 is 12.0 Å². The number of aromatic nitrogens is 1. The second-order valence-electron chi connectivity index (χ2n) is 9.99. The highest BCUT2D eigenvalue weighted by molar-refractivity contribution is 9.10. The molecule has 1 aliphatic rings. The first-order valence-corrected chi connectivity index (χ1v) is 15.3. The van der Waals surface area contributed by atoms with Gasteiger partial charge < -0.3 is 14.2 Å². The number of ether oxygens (including phenoxy) is 3. The normalized spacial score (nSPS) is 14.9. The van der Waals surface area contributed by atoms with Gasteiger partial charge in [0.05, 0.1) is 28.5 Å². The van der Waals surface area contributed by atoms with Gasteiger partial charge in [-0.05, 0) is 75.2 Å². The molecule has 0 radical (unpaired) electrons. The average molecular weight is 648 g/mol. The molecule has 7 nitrogen and oxygen atoms in total. The maximum Gasteiger partial charge on any atom is 0.338 e. The summed E-state index contributed by atoms with van der Waals surface area (Å²) >= 11 is 4.73. The molecule has 216 valence electrons. The average Bonchev–Trinajstić information content (AvgIpc) is 3.27. The Balaban J connectivity index is 1.52. The molecule has 1 atom stereocenters. The first-order chi connectivity index (χ1) is 20.2. The fraction of sp³-hybridized carbons (Fsp3) is 0.242. The van der Waals surface area contributed by atoms with E-state index in [1.807, 2.05) is 92.7 Å². The summed E-state index contributed by atoms with van der Waals surface area (Å²) in [4.78, 5) is 32.4. The SMILES string of the molecule is CCOC(=O)C1=C(C)N=c2s/c(=C/c3ccc(OCc4ccc(Br)cc4)cc3)c(=O)n2[C@@H]1c1ccccc1OC(C)C. The zero-order valence-electron chi connectivity index (χ0n) is 23.8. The van der Waals surface area contributed by atoms with Crippen LogP contribution in [0.25, 0.3) is 6.08 Å². The van der Waals surface area contributed by atoms with Crippen LogP contribution >= 0.6 is 27.3 Å². The van der Waals surface area contributed by atoms with E-state index >= 15 is 0 Å². The van der Waals surface area contributed by atoms with Crippen molar-refractivity contribution >= 4 is 39.3 Å². The van der Waals surface area contributed by atoms with Gasteiger partial charge in [0.25, 0.3) is 5.56 Å². The van der Waals surface area contributed by atoms with Gasteiger partial charge in [0.2, 0.25) is 0 Å². The Hall–Kier alpha value is -3.95. The number of benzene rings is 3. The number of hydrogen-bond acceptors (Lipinski definition) is 7. The monoisotopic (exact) mass is 646 g/mol. The molecular weight excluding hydrogens is 616 g/mol. The Morgan fingerprint density at radius 2 is 1.79 bits per heavy atom. The van der Waals surface area contributed by atoms with Crippen LogP contribution in [0.4, 0.5) is 0 Å². The smallest absolute Gasteiger partial charge is 0.338 e. The van der Waals surface area contributed by atoms with E-state index in [2.05, 4.69) is 20.9 Å². The van der Waals surface area contributed by atoms with Crippen molar-refractivity contribution in [1.82, 2.24) is 4.57 Å². The number of thiazole rings is 1. The molecule has 0 aliphatic carbocycles. The number of esters is 1. The van der Waals surface area contributed by atoms with E-state index in [1.165, 1.54) is 11.3 Å². The van der Waals surface area contributed by atoms with Crippen molar-refractivity contribution in [2.45, 2.75) is 46.4 Å². The number of carbonyl (C=O) groups excluding carboxylic acids is 1. The van der Waals surface area contributed by atoms with Crippen LogP contribution in [0.1, 0.15) is 50.4 Å². The van der Waals surface area contributed by atoms with Crippen LogP contribution in [0.3, 0.4) is 0 Å². The summed E-state index contributed by atoms with van der Waals surface area (Å²) in [6.07, 6.45) is 1.74. The Morgan fingerprint density at radius 3 is 2.48 bits per heavy atom. The molecule has 9 heteroatoms. The molecule has 4 aromatic rings. The third-order valence-electron chi connectivity index (χ3n) is 6.59. The van der Waals surface area contributed by atoms with Crippen molar-refractivity contribution in [2.75, 3.05) is 6.61 Å². The highest BCUT2D eigenvalue weighted by Crippen LogP contribution is 2.36. The maximum atomic E-state index is 14.0. The molecule has 2 heterocycles. The molecule has 42 heavy (non-hydrogen) atoms. The van der Waals surface area contributed by atoms with E-state index in [0.29, 0.717) is 38.5 Å². The largest absolute Gasteiger partial charge is 0.491 e. The lowest BCUT2D eigenvalue weighted by Gasteiger charge is -2.26. The maximum absolute atomic E-state index is 14.0. The molecule has 1 aliphatic heterocycles. The summed E-state index contributed by atoms with van der Waals surface area (Å²) < 4.78 is 20.5. The quantitative estimate of drug-likeness (QED) is 0.211. The topological polar surface area (TPSA) is 79.1 Å². The molecule has 0 spiro atoms. The zero-order chi connectivity index (χ0) is 29.8. The van der Waals surface area contributed by atoms with Gasteiger partial charge in [0.15, 0.2) is 4.80 Å². The molecular formula is C33H31BrN2O5S. The molecule has 0 saturated heterocycles. The van der Waals surface area contributed by atoms with E-state index in [1.54, 1.807) is 18.4 Å². The molecule has 0 N–H and O–H groups in total. The zero-order valence-corrected chi connectivity index (χ0v) is 26.2. The van der Waals surface area contributed by atoms with Crippen LogP contribution in [0.5, 0.6) is 11.5 Å². The number of rotatable bonds is 9. The second-order valence-corrected chi connectivity index (χ2v) is 11.9. The molecule has 0 unspecified atom stereocenters. The van der Waals surface area contributed by atoms with Crippen molar-refractivity contribution in [2.24, 2.45) is 4.99 Å². The lowest BCUT2D eigenvalue weighted by Crippen LogP contribution is -2.40. The Bertz CT molecular complexity index is 1800. The fourth-order valence-electron chi connectivity index (χ4n) is 4.71. The van der Waals surface area contributed by atoms with Crippen LogP contribution in [-0.2, 0) is 16.1 Å². The molecule has 5 rings (SSSR count). The van der Waals surface area contributed by atoms with Crippen molar-refractivity contribution < 1.29 is 19.0 Å². The minimum absolute atomic E-state index is 0.0973. The lowest BCUT2D eigenvalue weighted by molar-refractivity contribution is -0.139. The van der Waals surface area contributed by atoms with Gasteiger partial charge in [-0.2, -0.15) is 0 Å². The Kier molecular flexibility index (Phi) is 9.09. The Labute approximate surface area is 256 Å². The standard InChI is InChI=1S/C33H31BrN2O5S/c1-5-39-32(38)29-21(4)35-33-36(30(29)26-8-6-7-9-27(26)41-20(2)3)31(37)28(42-33)18-22-12-16-25(17-13-22)40-19-23-10-14-24(34)15-11-23/h6-18,20,30H,5,19H2,1-4H3/b28-18+/t30-/m1/s1. The minimum Gasteiger partial charge on any atom is -0.491 e. The number of halogens is 1. The summed E-state index contributed by atoms with van der Waals surface area (Å²) in [5.41, 5.74) is 3.20. The highest BCUT2D eigenvalue weighted by Gasteiger charge is 2.35. The molecule has 0 saturated carbocycles. The Morgan fingerprint density at radius 1 is 1.07 bits per heavy atom. The molecule has 0 amide bonds. The van der Waals surface area contributed by atoms with E-state index in [-0.39, 0.29) is 18.3 Å². The van der Waals surface area contributed by atoms with Crippen LogP contribution in [-0.4, -0.2) is 23.2 Å². The first-order valence-electron chi connectivity index (χ1n) is 13.7. The summed E-state index contributed by atoms with van der Waals surface area (Å²) in [5, 5.41) is 0. The summed E-state index contributed by atoms with van der Waals surface area (Å²) in [6, 6.07) is 22.3. The van der Waals surface area contributed by atoms with Gasteiger partial charge in [0, 0.05) is 10.0 Å². The molecule has 1 aromatic heterocycles. The van der Waals surface area contributed by atoms with Crippen LogP contribution < -0.4 is 24.4 Å². The first kappa shape index (κ1) is 29.5. The number of allylic oxidation sites excluding steroid dienone is 1. The fourth-order valence-corrected chi connectivity index (χ4v) is 6.02. The van der Waals surface area contributed by atoms with Crippen molar-refractivity contribution in [3.05, 3.63) is 125 Å². The number of fused-ring (bicyclic) bond motifs is 1. The minimum atomic E-state index is -0.744. The molecule has 3 aromatic carbocycles. The number of hydrogen-bond donors (Lipinski definition) is 0. The second kappa shape index (κ2) is 12.9. The van der Waals surface area contributed by atoms with Gasteiger partial charge in [-0.1, -0.05) is 69.7 Å². The van der Waals surface area contributed by atoms with E-state index in [0.717, 1.165) is 21.3 Å². The third kappa shape index (κ3) is 6.42. The van der Waals surface area contributed by atoms with Crippen molar-refractivity contribution in [3.63, 3.8) is 0 Å². The van der Waals surface area contributed by atoms with Gasteiger partial charge in [-0.15, -0.1) is 0 Å². The molecule has 0 bridgehead atoms. The lowest BCUT2D eigenvalue weighted by atomic mass is 9.95. The third-order valence-corrected chi connectivity index (χ3v) is 8.10.